The summed E-state index contributed by atoms with van der Waals surface area (Å²) in [6.45, 7) is 1.74. The number of ether oxygens (including phenoxy) is 1. The molecule has 0 bridgehead atoms. The Morgan fingerprint density at radius 3 is 2.33 bits per heavy atom. The first kappa shape index (κ1) is 15.9. The Balaban J connectivity index is 2.41. The molecule has 112 valence electrons. The third-order valence-electron chi connectivity index (χ3n) is 3.10. The van der Waals surface area contributed by atoms with E-state index in [-0.39, 0.29) is 5.75 Å². The molecule has 0 saturated heterocycles. The molecule has 0 spiro atoms. The van der Waals surface area contributed by atoms with Gasteiger partial charge in [-0.05, 0) is 36.2 Å². The molecular weight excluding hydrogens is 347 g/mol. The number of halogens is 4. The van der Waals surface area contributed by atoms with Crippen molar-refractivity contribution in [1.82, 2.24) is 0 Å². The van der Waals surface area contributed by atoms with E-state index in [0.29, 0.717) is 5.56 Å². The molecule has 2 rings (SSSR count). The summed E-state index contributed by atoms with van der Waals surface area (Å²) in [5, 5.41) is 0. The molecule has 0 aliphatic carbocycles. The smallest absolute Gasteiger partial charge is 0.406 e. The molecule has 2 aromatic rings. The van der Waals surface area contributed by atoms with Gasteiger partial charge >= 0.3 is 6.36 Å². The zero-order chi connectivity index (χ0) is 15.7. The van der Waals surface area contributed by atoms with Crippen molar-refractivity contribution < 1.29 is 17.9 Å². The molecule has 0 saturated carbocycles. The average Bonchev–Trinajstić information content (AvgIpc) is 2.37. The summed E-state index contributed by atoms with van der Waals surface area (Å²) in [6.07, 6.45) is -4.73. The Morgan fingerprint density at radius 1 is 1.05 bits per heavy atom. The summed E-state index contributed by atoms with van der Waals surface area (Å²) < 4.78 is 41.6. The van der Waals surface area contributed by atoms with Crippen LogP contribution in [0.1, 0.15) is 18.1 Å². The summed E-state index contributed by atoms with van der Waals surface area (Å²) in [7, 11) is 0. The van der Waals surface area contributed by atoms with Crippen LogP contribution >= 0.6 is 15.9 Å². The van der Waals surface area contributed by atoms with Crippen molar-refractivity contribution in [2.24, 2.45) is 5.73 Å². The second-order valence-electron chi connectivity index (χ2n) is 4.76. The van der Waals surface area contributed by atoms with Gasteiger partial charge in [-0.25, -0.2) is 0 Å². The monoisotopic (exact) mass is 359 g/mol. The zero-order valence-corrected chi connectivity index (χ0v) is 12.7. The molecule has 2 N–H and O–H groups in total. The van der Waals surface area contributed by atoms with E-state index in [1.807, 2.05) is 24.3 Å². The maximum atomic E-state index is 12.3. The Morgan fingerprint density at radius 2 is 1.71 bits per heavy atom. The van der Waals surface area contributed by atoms with Crippen LogP contribution in [-0.2, 0) is 5.54 Å². The number of nitrogens with two attached hydrogens (primary N) is 1. The minimum Gasteiger partial charge on any atom is -0.406 e. The zero-order valence-electron chi connectivity index (χ0n) is 11.1. The lowest BCUT2D eigenvalue weighted by molar-refractivity contribution is -0.274. The van der Waals surface area contributed by atoms with Crippen LogP contribution in [0, 0.1) is 0 Å². The number of hydrogen-bond donors (Lipinski definition) is 1. The van der Waals surface area contributed by atoms with E-state index < -0.39 is 11.9 Å². The number of alkyl halides is 3. The highest BCUT2D eigenvalue weighted by atomic mass is 79.9. The first-order valence-electron chi connectivity index (χ1n) is 6.10. The van der Waals surface area contributed by atoms with Crippen molar-refractivity contribution in [3.05, 3.63) is 64.1 Å². The maximum Gasteiger partial charge on any atom is 0.573 e. The van der Waals surface area contributed by atoms with Crippen molar-refractivity contribution in [3.8, 4) is 5.75 Å². The molecule has 1 atom stereocenters. The third-order valence-corrected chi connectivity index (χ3v) is 3.79. The molecule has 1 unspecified atom stereocenters. The van der Waals surface area contributed by atoms with Crippen molar-refractivity contribution in [2.75, 3.05) is 0 Å². The topological polar surface area (TPSA) is 35.2 Å². The highest BCUT2D eigenvalue weighted by molar-refractivity contribution is 9.10. The van der Waals surface area contributed by atoms with Gasteiger partial charge in [-0.1, -0.05) is 46.3 Å². The van der Waals surface area contributed by atoms with Gasteiger partial charge in [0.25, 0.3) is 0 Å². The summed E-state index contributed by atoms with van der Waals surface area (Å²) in [5.74, 6) is -0.288. The third kappa shape index (κ3) is 3.77. The van der Waals surface area contributed by atoms with Crippen LogP contribution in [0.5, 0.6) is 5.75 Å². The van der Waals surface area contributed by atoms with Gasteiger partial charge in [0.2, 0.25) is 0 Å². The summed E-state index contributed by atoms with van der Waals surface area (Å²) in [5.41, 5.74) is 6.67. The van der Waals surface area contributed by atoms with Crippen LogP contribution in [0.4, 0.5) is 13.2 Å². The van der Waals surface area contributed by atoms with Crippen LogP contribution in [0.25, 0.3) is 0 Å². The van der Waals surface area contributed by atoms with Gasteiger partial charge in [0, 0.05) is 4.47 Å². The van der Waals surface area contributed by atoms with E-state index >= 15 is 0 Å². The molecule has 6 heteroatoms. The molecule has 0 radical (unpaired) electrons. The van der Waals surface area contributed by atoms with Gasteiger partial charge in [0.1, 0.15) is 5.75 Å². The Kier molecular flexibility index (Phi) is 4.30. The highest BCUT2D eigenvalue weighted by Gasteiger charge is 2.32. The predicted octanol–water partition coefficient (Wildman–Crippen LogP) is 4.57. The van der Waals surface area contributed by atoms with Crippen LogP contribution in [0.15, 0.2) is 53.0 Å². The molecule has 0 aromatic heterocycles. The molecular formula is C15H13BrF3NO. The number of benzene rings is 2. The first-order chi connectivity index (χ1) is 9.70. The SMILES string of the molecule is CC(N)(c1cccc(OC(F)(F)F)c1)c1ccccc1Br. The van der Waals surface area contributed by atoms with Crippen molar-refractivity contribution in [3.63, 3.8) is 0 Å². The normalized spacial score (nSPS) is 14.6. The Bertz CT molecular complexity index is 641. The highest BCUT2D eigenvalue weighted by Crippen LogP contribution is 2.34. The van der Waals surface area contributed by atoms with Gasteiger partial charge in [-0.2, -0.15) is 0 Å². The fraction of sp³-hybridized carbons (Fsp3) is 0.200. The first-order valence-corrected chi connectivity index (χ1v) is 6.89. The van der Waals surface area contributed by atoms with Gasteiger partial charge in [0.15, 0.2) is 0 Å². The van der Waals surface area contributed by atoms with E-state index in [9.17, 15) is 13.2 Å². The van der Waals surface area contributed by atoms with E-state index in [1.165, 1.54) is 18.2 Å². The minimum atomic E-state index is -4.73. The van der Waals surface area contributed by atoms with Gasteiger partial charge < -0.3 is 10.5 Å². The van der Waals surface area contributed by atoms with Crippen LogP contribution in [0.3, 0.4) is 0 Å². The summed E-state index contributed by atoms with van der Waals surface area (Å²) >= 11 is 3.41. The van der Waals surface area contributed by atoms with Gasteiger partial charge in [-0.15, -0.1) is 13.2 Å². The summed E-state index contributed by atoms with van der Waals surface area (Å²) in [6, 6.07) is 13.0. The van der Waals surface area contributed by atoms with Gasteiger partial charge in [-0.3, -0.25) is 0 Å². The van der Waals surface area contributed by atoms with Crippen LogP contribution < -0.4 is 10.5 Å². The molecule has 2 nitrogen and oxygen atoms in total. The van der Waals surface area contributed by atoms with E-state index in [0.717, 1.165) is 10.0 Å². The van der Waals surface area contributed by atoms with Crippen molar-refractivity contribution >= 4 is 15.9 Å². The van der Waals surface area contributed by atoms with Crippen molar-refractivity contribution in [1.29, 1.82) is 0 Å². The fourth-order valence-electron chi connectivity index (χ4n) is 2.05. The minimum absolute atomic E-state index is 0.288. The van der Waals surface area contributed by atoms with E-state index in [2.05, 4.69) is 20.7 Å². The molecule has 0 fully saturated rings. The largest absolute Gasteiger partial charge is 0.573 e. The quantitative estimate of drug-likeness (QED) is 0.870. The molecule has 0 aliphatic rings. The lowest BCUT2D eigenvalue weighted by Gasteiger charge is -2.27. The van der Waals surface area contributed by atoms with Crippen LogP contribution in [-0.4, -0.2) is 6.36 Å². The fourth-order valence-corrected chi connectivity index (χ4v) is 2.75. The molecule has 0 amide bonds. The maximum absolute atomic E-state index is 12.3. The second-order valence-corrected chi connectivity index (χ2v) is 5.61. The second kappa shape index (κ2) is 5.69. The Labute approximate surface area is 128 Å². The van der Waals surface area contributed by atoms with Gasteiger partial charge in [0.05, 0.1) is 5.54 Å². The predicted molar refractivity (Wildman–Crippen MR) is 77.9 cm³/mol. The van der Waals surface area contributed by atoms with E-state index in [4.69, 9.17) is 5.73 Å². The van der Waals surface area contributed by atoms with Crippen molar-refractivity contribution in [2.45, 2.75) is 18.8 Å². The lowest BCUT2D eigenvalue weighted by atomic mass is 9.85. The lowest BCUT2D eigenvalue weighted by Crippen LogP contribution is -2.34. The summed E-state index contributed by atoms with van der Waals surface area (Å²) in [4.78, 5) is 0. The molecule has 0 heterocycles. The average molecular weight is 360 g/mol. The molecule has 21 heavy (non-hydrogen) atoms. The molecule has 2 aromatic carbocycles. The standard InChI is InChI=1S/C15H13BrF3NO/c1-14(20,12-7-2-3-8-13(12)16)10-5-4-6-11(9-10)21-15(17,18)19/h2-9H,20H2,1H3. The van der Waals surface area contributed by atoms with Crippen LogP contribution in [0.2, 0.25) is 0 Å². The number of rotatable bonds is 3. The Hall–Kier alpha value is -1.53. The molecule has 0 aliphatic heterocycles. The van der Waals surface area contributed by atoms with E-state index in [1.54, 1.807) is 13.0 Å². The number of hydrogen-bond acceptors (Lipinski definition) is 2.